The number of ether oxygens (including phenoxy) is 2. The van der Waals surface area contributed by atoms with Crippen LogP contribution < -0.4 is 4.74 Å². The number of aromatic hydroxyl groups is 2. The predicted molar refractivity (Wildman–Crippen MR) is 92.3 cm³/mol. The van der Waals surface area contributed by atoms with E-state index in [1.54, 1.807) is 0 Å². The maximum atomic E-state index is 12.8. The maximum Gasteiger partial charge on any atom is 0.335 e. The van der Waals surface area contributed by atoms with Crippen molar-refractivity contribution in [2.75, 3.05) is 26.5 Å². The highest BCUT2D eigenvalue weighted by molar-refractivity contribution is 6.30. The molecular formula is C19H15FO8. The highest BCUT2D eigenvalue weighted by Crippen LogP contribution is 2.39. The summed E-state index contributed by atoms with van der Waals surface area (Å²) in [4.78, 5) is 36.7. The first kappa shape index (κ1) is 19.3. The lowest BCUT2D eigenvalue weighted by Crippen LogP contribution is -2.22. The van der Waals surface area contributed by atoms with Crippen molar-refractivity contribution < 1.29 is 43.6 Å². The third kappa shape index (κ3) is 3.39. The van der Waals surface area contributed by atoms with E-state index in [4.69, 9.17) is 14.6 Å². The zero-order valence-electron chi connectivity index (χ0n) is 14.4. The smallest absolute Gasteiger partial charge is 0.335 e. The van der Waals surface area contributed by atoms with Crippen LogP contribution in [-0.2, 0) is 4.74 Å². The van der Waals surface area contributed by atoms with E-state index in [1.807, 2.05) is 0 Å². The van der Waals surface area contributed by atoms with Gasteiger partial charge in [0.2, 0.25) is 5.78 Å². The van der Waals surface area contributed by atoms with Crippen LogP contribution >= 0.6 is 0 Å². The Kier molecular flexibility index (Phi) is 5.27. The molecule has 146 valence electrons. The van der Waals surface area contributed by atoms with Gasteiger partial charge in [0.15, 0.2) is 5.78 Å². The minimum Gasteiger partial charge on any atom is -0.507 e. The van der Waals surface area contributed by atoms with E-state index in [2.05, 4.69) is 0 Å². The minimum absolute atomic E-state index is 0.0148. The lowest BCUT2D eigenvalue weighted by atomic mass is 9.82. The third-order valence-electron chi connectivity index (χ3n) is 4.12. The van der Waals surface area contributed by atoms with Crippen LogP contribution in [0.3, 0.4) is 0 Å². The van der Waals surface area contributed by atoms with Crippen LogP contribution in [0.15, 0.2) is 24.3 Å². The number of phenols is 2. The molecule has 8 nitrogen and oxygen atoms in total. The van der Waals surface area contributed by atoms with Gasteiger partial charge < -0.3 is 24.8 Å². The number of benzene rings is 2. The van der Waals surface area contributed by atoms with Crippen molar-refractivity contribution in [3.8, 4) is 17.2 Å². The minimum atomic E-state index is -1.38. The first-order valence-corrected chi connectivity index (χ1v) is 8.18. The number of carbonyl (C=O) groups is 3. The van der Waals surface area contributed by atoms with Crippen LogP contribution in [0.25, 0.3) is 0 Å². The first-order chi connectivity index (χ1) is 13.3. The summed E-state index contributed by atoms with van der Waals surface area (Å²) in [5, 5.41) is 29.4. The Morgan fingerprint density at radius 3 is 2.18 bits per heavy atom. The summed E-state index contributed by atoms with van der Waals surface area (Å²) < 4.78 is 22.2. The molecule has 0 saturated carbocycles. The van der Waals surface area contributed by atoms with Crippen LogP contribution in [0.2, 0.25) is 0 Å². The van der Waals surface area contributed by atoms with Gasteiger partial charge in [-0.2, -0.15) is 0 Å². The van der Waals surface area contributed by atoms with Gasteiger partial charge in [0.1, 0.15) is 30.5 Å². The average molecular weight is 390 g/mol. The number of carbonyl (C=O) groups excluding carboxylic acids is 2. The van der Waals surface area contributed by atoms with Gasteiger partial charge >= 0.3 is 5.97 Å². The van der Waals surface area contributed by atoms with Crippen LogP contribution in [0, 0.1) is 0 Å². The van der Waals surface area contributed by atoms with Crippen LogP contribution in [0.1, 0.15) is 42.2 Å². The van der Waals surface area contributed by atoms with Crippen molar-refractivity contribution in [1.82, 2.24) is 0 Å². The van der Waals surface area contributed by atoms with E-state index in [-0.39, 0.29) is 53.4 Å². The molecule has 2 aromatic carbocycles. The van der Waals surface area contributed by atoms with Crippen molar-refractivity contribution in [3.05, 3.63) is 52.1 Å². The highest BCUT2D eigenvalue weighted by Gasteiger charge is 2.35. The quantitative estimate of drug-likeness (QED) is 0.522. The van der Waals surface area contributed by atoms with Gasteiger partial charge in [-0.25, -0.2) is 9.18 Å². The van der Waals surface area contributed by atoms with Crippen LogP contribution in [0.5, 0.6) is 17.2 Å². The Hall–Kier alpha value is -3.46. The number of halogens is 1. The Morgan fingerprint density at radius 2 is 1.54 bits per heavy atom. The van der Waals surface area contributed by atoms with Crippen molar-refractivity contribution in [1.29, 1.82) is 0 Å². The molecule has 28 heavy (non-hydrogen) atoms. The van der Waals surface area contributed by atoms with Crippen molar-refractivity contribution in [2.45, 2.75) is 0 Å². The number of carboxylic acid groups (broad SMARTS) is 1. The number of rotatable bonds is 7. The Balaban J connectivity index is 1.98. The fourth-order valence-electron chi connectivity index (χ4n) is 2.92. The highest BCUT2D eigenvalue weighted by atomic mass is 19.1. The van der Waals surface area contributed by atoms with Gasteiger partial charge in [-0.3, -0.25) is 9.59 Å². The number of phenolic OH excluding ortho intramolecular Hbond substituents is 2. The average Bonchev–Trinajstić information content (AvgIpc) is 2.64. The molecule has 0 amide bonds. The molecule has 0 radical (unpaired) electrons. The van der Waals surface area contributed by atoms with Gasteiger partial charge in [-0.1, -0.05) is 0 Å². The molecule has 0 atom stereocenters. The maximum absolute atomic E-state index is 12.8. The Labute approximate surface area is 157 Å². The summed E-state index contributed by atoms with van der Waals surface area (Å²) in [5.41, 5.74) is -1.50. The van der Waals surface area contributed by atoms with E-state index in [1.165, 1.54) is 6.07 Å². The largest absolute Gasteiger partial charge is 0.507 e. The zero-order valence-corrected chi connectivity index (χ0v) is 14.4. The Morgan fingerprint density at radius 1 is 0.893 bits per heavy atom. The molecule has 0 aromatic heterocycles. The molecule has 3 N–H and O–H groups in total. The standard InChI is InChI=1S/C19H15FO8/c20-1-2-27-3-4-28-10-7-12-16(14(22)8-10)18(24)15-11(17(12)23)5-9(19(25)26)6-13(15)21/h5-8,21-22H,1-4H2,(H,25,26). The molecular weight excluding hydrogens is 375 g/mol. The second-order valence-electron chi connectivity index (χ2n) is 5.90. The number of aromatic carboxylic acids is 1. The van der Waals surface area contributed by atoms with Gasteiger partial charge in [0.25, 0.3) is 0 Å². The van der Waals surface area contributed by atoms with Gasteiger partial charge in [0.05, 0.1) is 29.9 Å². The summed E-state index contributed by atoms with van der Waals surface area (Å²) in [6, 6.07) is 4.23. The SMILES string of the molecule is O=C(O)c1cc(O)c2c(c1)C(=O)c1cc(OCCOCCF)cc(O)c1C2=O. The predicted octanol–water partition coefficient (Wildman–Crippen LogP) is 1.94. The normalized spacial score (nSPS) is 12.5. The monoisotopic (exact) mass is 390 g/mol. The van der Waals surface area contributed by atoms with Gasteiger partial charge in [0, 0.05) is 17.2 Å². The van der Waals surface area contributed by atoms with E-state index in [9.17, 15) is 29.0 Å². The van der Waals surface area contributed by atoms with Gasteiger partial charge in [-0.15, -0.1) is 0 Å². The molecule has 2 aromatic rings. The molecule has 0 aliphatic heterocycles. The number of carboxylic acids is 1. The van der Waals surface area contributed by atoms with E-state index >= 15 is 0 Å². The fourth-order valence-corrected chi connectivity index (χ4v) is 2.92. The summed E-state index contributed by atoms with van der Waals surface area (Å²) in [5.74, 6) is -4.04. The number of fused-ring (bicyclic) bond motifs is 2. The third-order valence-corrected chi connectivity index (χ3v) is 4.12. The molecule has 0 saturated heterocycles. The summed E-state index contributed by atoms with van der Waals surface area (Å²) in [7, 11) is 0. The molecule has 9 heteroatoms. The topological polar surface area (TPSA) is 130 Å². The first-order valence-electron chi connectivity index (χ1n) is 8.18. The van der Waals surface area contributed by atoms with E-state index < -0.39 is 35.7 Å². The van der Waals surface area contributed by atoms with Crippen molar-refractivity contribution in [2.24, 2.45) is 0 Å². The molecule has 0 spiro atoms. The van der Waals surface area contributed by atoms with E-state index in [0.29, 0.717) is 0 Å². The molecule has 1 aliphatic rings. The Bertz CT molecular complexity index is 982. The second-order valence-corrected chi connectivity index (χ2v) is 5.90. The molecule has 0 heterocycles. The van der Waals surface area contributed by atoms with Crippen LogP contribution in [-0.4, -0.2) is 59.4 Å². The number of hydrogen-bond acceptors (Lipinski definition) is 7. The zero-order chi connectivity index (χ0) is 20.4. The van der Waals surface area contributed by atoms with E-state index in [0.717, 1.165) is 18.2 Å². The lowest BCUT2D eigenvalue weighted by Gasteiger charge is -2.20. The van der Waals surface area contributed by atoms with Crippen LogP contribution in [0.4, 0.5) is 4.39 Å². The summed E-state index contributed by atoms with van der Waals surface area (Å²) in [6.45, 7) is -0.632. The lowest BCUT2D eigenvalue weighted by molar-refractivity contribution is 0.0695. The molecule has 1 aliphatic carbocycles. The number of alkyl halides is 1. The molecule has 0 unspecified atom stereocenters. The van der Waals surface area contributed by atoms with Crippen molar-refractivity contribution >= 4 is 17.5 Å². The summed E-state index contributed by atoms with van der Waals surface area (Å²) >= 11 is 0. The number of hydrogen-bond donors (Lipinski definition) is 3. The molecule has 3 rings (SSSR count). The number of ketones is 2. The second kappa shape index (κ2) is 7.65. The summed E-state index contributed by atoms with van der Waals surface area (Å²) in [6.07, 6.45) is 0. The molecule has 0 bridgehead atoms. The fraction of sp³-hybridized carbons (Fsp3) is 0.211. The molecule has 0 fully saturated rings. The van der Waals surface area contributed by atoms with Crippen molar-refractivity contribution in [3.63, 3.8) is 0 Å². The van der Waals surface area contributed by atoms with Gasteiger partial charge in [-0.05, 0) is 18.2 Å².